The Morgan fingerprint density at radius 1 is 0.712 bits per heavy atom. The number of hydrogen-bond acceptors (Lipinski definition) is 15. The van der Waals surface area contributed by atoms with Gasteiger partial charge < -0.3 is 55.2 Å². The van der Waals surface area contributed by atoms with Gasteiger partial charge in [0.25, 0.3) is 15.9 Å². The van der Waals surface area contributed by atoms with E-state index in [4.69, 9.17) is 15.0 Å². The molecule has 2 saturated heterocycles. The Morgan fingerprint density at radius 3 is 1.80 bits per heavy atom. The van der Waals surface area contributed by atoms with Crippen LogP contribution in [0.4, 0.5) is 34.9 Å². The fourth-order valence-electron chi connectivity index (χ4n) is 6.71. The first-order chi connectivity index (χ1) is 26.1. The summed E-state index contributed by atoms with van der Waals surface area (Å²) in [5.41, 5.74) is 2.36. The van der Waals surface area contributed by atoms with Crippen molar-refractivity contribution < 1.29 is 29.1 Å². The van der Waals surface area contributed by atoms with Crippen molar-refractivity contribution in [3.63, 3.8) is 0 Å². The van der Waals surface area contributed by atoms with Crippen LogP contribution in [0.5, 0.6) is 11.5 Å². The van der Waals surface area contributed by atoms with Crippen LogP contribution in [0.3, 0.4) is 0 Å². The fourth-order valence-corrected chi connectivity index (χ4v) is 8.17. The van der Waals surface area contributed by atoms with E-state index in [9.17, 15) is 23.4 Å². The Hall–Kier alpha value is -5.76. The van der Waals surface area contributed by atoms with Gasteiger partial charge in [0.05, 0.1) is 22.7 Å². The van der Waals surface area contributed by atoms with E-state index in [1.165, 1.54) is 55.3 Å². The molecule has 59 heavy (non-hydrogen) atoms. The monoisotopic (exact) mass is 860 g/mol. The lowest BCUT2D eigenvalue weighted by Gasteiger charge is -2.30. The van der Waals surface area contributed by atoms with Crippen LogP contribution in [0.2, 0.25) is 0 Å². The number of carbonyl (C=O) groups is 1. The molecule has 3 heterocycles. The Balaban J connectivity index is -0.00000400. The number of piperidine rings is 2. The molecule has 0 aliphatic carbocycles. The molecule has 16 N–H and O–H groups in total. The van der Waals surface area contributed by atoms with Gasteiger partial charge in [0.1, 0.15) is 11.5 Å². The van der Waals surface area contributed by atoms with E-state index < -0.39 is 15.9 Å². The van der Waals surface area contributed by atoms with Crippen molar-refractivity contribution in [2.24, 2.45) is 0 Å². The van der Waals surface area contributed by atoms with Crippen molar-refractivity contribution in [2.45, 2.75) is 56.9 Å². The zero-order valence-corrected chi connectivity index (χ0v) is 35.0. The third-order valence-corrected chi connectivity index (χ3v) is 11.4. The number of aromatic hydroxyl groups is 2. The van der Waals surface area contributed by atoms with Gasteiger partial charge in [-0.2, -0.15) is 15.0 Å². The maximum Gasteiger partial charge on any atom is 0.264 e. The molecule has 0 spiro atoms. The average molecular weight is 862 g/mol. The summed E-state index contributed by atoms with van der Waals surface area (Å²) in [6.07, 6.45) is 6.69. The summed E-state index contributed by atoms with van der Waals surface area (Å²) in [7, 11) is -4.09. The highest BCUT2D eigenvalue weighted by Crippen LogP contribution is 2.36. The largest absolute Gasteiger partial charge is 0.507 e. The number of sulfonamides is 1. The number of nitrogens with zero attached hydrogens (tertiary/aromatic N) is 6. The van der Waals surface area contributed by atoms with Gasteiger partial charge in [0.15, 0.2) is 0 Å². The molecule has 0 radical (unpaired) electrons. The topological polar surface area (TPSA) is 304 Å². The summed E-state index contributed by atoms with van der Waals surface area (Å²) in [6.45, 7) is 5.36. The van der Waals surface area contributed by atoms with Crippen LogP contribution in [0, 0.1) is 6.92 Å². The highest BCUT2D eigenvalue weighted by atomic mass is 35.5. The lowest BCUT2D eigenvalue weighted by atomic mass is 10.1. The molecule has 1 amide bonds. The number of aryl methyl sites for hydroxylation is 1. The van der Waals surface area contributed by atoms with Crippen LogP contribution in [-0.2, 0) is 16.6 Å². The lowest BCUT2D eigenvalue weighted by Crippen LogP contribution is -2.34. The smallest absolute Gasteiger partial charge is 0.264 e. The van der Waals surface area contributed by atoms with Gasteiger partial charge in [0, 0.05) is 55.4 Å². The number of nitrogens with one attached hydrogen (secondary N) is 2. The number of carbonyl (C=O) groups excluding carboxylic acids is 1. The summed E-state index contributed by atoms with van der Waals surface area (Å²) < 4.78 is 28.9. The quantitative estimate of drug-likeness (QED) is 0.0614. The van der Waals surface area contributed by atoms with Gasteiger partial charge in [-0.05, 0) is 87.4 Å². The Morgan fingerprint density at radius 2 is 1.25 bits per heavy atom. The molecule has 19 heteroatoms. The number of anilines is 6. The van der Waals surface area contributed by atoms with Crippen LogP contribution >= 0.6 is 12.4 Å². The predicted octanol–water partition coefficient (Wildman–Crippen LogP) is 9.02. The van der Waals surface area contributed by atoms with Crippen LogP contribution in [0.25, 0.3) is 0 Å². The van der Waals surface area contributed by atoms with Crippen molar-refractivity contribution in [2.75, 3.05) is 50.9 Å². The van der Waals surface area contributed by atoms with Gasteiger partial charge >= 0.3 is 0 Å². The minimum absolute atomic E-state index is 0. The molecule has 2 fully saturated rings. The number of amides is 1. The van der Waals surface area contributed by atoms with Gasteiger partial charge in [-0.1, -0.05) is 48.0 Å². The number of rotatable bonds is 11. The van der Waals surface area contributed by atoms with Crippen molar-refractivity contribution in [1.82, 2.24) is 39.6 Å². The average Bonchev–Trinajstić information content (AvgIpc) is 3.18. The van der Waals surface area contributed by atoms with Crippen LogP contribution in [-0.4, -0.2) is 65.7 Å². The molecule has 0 bridgehead atoms. The van der Waals surface area contributed by atoms with Crippen molar-refractivity contribution in [3.05, 3.63) is 108 Å². The number of benzene rings is 4. The van der Waals surface area contributed by atoms with Gasteiger partial charge in [-0.25, -0.2) is 8.42 Å². The Bertz CT molecular complexity index is 2210. The molecule has 2 aliphatic rings. The first-order valence-corrected chi connectivity index (χ1v) is 19.7. The molecule has 4 aromatic carbocycles. The molecule has 17 nitrogen and oxygen atoms in total. The zero-order valence-electron chi connectivity index (χ0n) is 33.4. The van der Waals surface area contributed by atoms with Gasteiger partial charge in [-0.15, -0.1) is 12.4 Å². The SMILES string of the molecule is Cc1ccc(S(=O)(=O)N(Cc2ccccc2)c2ccc(NC(=O)c3ccc(Nc4nc(N5CCCCC5)nc(N5CCCCC5)n4)cc3O)cc2O)cc1.Cl.N.N.N.N.[HH].[HH].[HH].[HH]. The highest BCUT2D eigenvalue weighted by molar-refractivity contribution is 7.92. The number of aromatic nitrogens is 3. The number of phenolic OH excluding ortho intramolecular Hbond substituents is 2. The third-order valence-electron chi connectivity index (χ3n) is 9.67. The maximum absolute atomic E-state index is 13.9. The van der Waals surface area contributed by atoms with Gasteiger partial charge in [-0.3, -0.25) is 9.10 Å². The normalized spacial score (nSPS) is 13.5. The van der Waals surface area contributed by atoms with E-state index in [-0.39, 0.29) is 82.6 Å². The second kappa shape index (κ2) is 21.8. The first kappa shape index (κ1) is 49.4. The molecule has 0 unspecified atom stereocenters. The molecule has 5 aromatic rings. The fraction of sp³-hybridized carbons (Fsp3) is 0.300. The summed E-state index contributed by atoms with van der Waals surface area (Å²) >= 11 is 0. The molecular formula is C40H65ClN12O5S. The number of phenols is 2. The Labute approximate surface area is 358 Å². The molecule has 7 rings (SSSR count). The predicted molar refractivity (Wildman–Crippen MR) is 246 cm³/mol. The minimum Gasteiger partial charge on any atom is -0.507 e. The maximum atomic E-state index is 13.9. The van der Waals surface area contributed by atoms with Crippen LogP contribution < -0.4 is 49.3 Å². The molecule has 2 aliphatic heterocycles. The summed E-state index contributed by atoms with van der Waals surface area (Å²) in [4.78, 5) is 32.1. The third kappa shape index (κ3) is 11.7. The zero-order chi connectivity index (χ0) is 37.7. The molecule has 1 aromatic heterocycles. The van der Waals surface area contributed by atoms with E-state index in [1.807, 2.05) is 25.1 Å². The van der Waals surface area contributed by atoms with Crippen LogP contribution in [0.15, 0.2) is 95.9 Å². The lowest BCUT2D eigenvalue weighted by molar-refractivity contribution is 0.102. The standard InChI is InChI=1S/C40H44N8O5S.ClH.4H3N.4H2/c1-28-13-17-32(18-14-28)54(52,53)48(27-29-11-5-2-6-12-29)34-20-16-30(26-36(34)50)41-37(51)33-19-15-31(25-35(33)49)42-38-43-39(46-21-7-3-8-22-46)45-40(44-38)47-23-9-4-10-24-47;;;;;;;;;/h2,5-6,11-20,25-26,49-50H,3-4,7-10,21-24,27H2,1H3,(H,41,51)(H,42,43,44,45);1H;4*1H3;4*1H. The Kier molecular flexibility index (Phi) is 18.3. The second-order valence-electron chi connectivity index (χ2n) is 13.7. The van der Waals surface area contributed by atoms with E-state index in [0.29, 0.717) is 23.5 Å². The molecule has 0 atom stereocenters. The summed E-state index contributed by atoms with van der Waals surface area (Å²) in [6, 6.07) is 24.4. The van der Waals surface area contributed by atoms with E-state index in [0.717, 1.165) is 67.3 Å². The summed E-state index contributed by atoms with van der Waals surface area (Å²) in [5, 5.41) is 28.0. The molecule has 0 saturated carbocycles. The van der Waals surface area contributed by atoms with Crippen molar-refractivity contribution >= 4 is 63.2 Å². The van der Waals surface area contributed by atoms with E-state index in [2.05, 4.69) is 20.4 Å². The van der Waals surface area contributed by atoms with Gasteiger partial charge in [0.2, 0.25) is 17.8 Å². The van der Waals surface area contributed by atoms with E-state index in [1.54, 1.807) is 30.3 Å². The highest BCUT2D eigenvalue weighted by Gasteiger charge is 2.28. The summed E-state index contributed by atoms with van der Waals surface area (Å²) in [5.74, 6) is 0.339. The van der Waals surface area contributed by atoms with Crippen LogP contribution in [0.1, 0.15) is 65.7 Å². The van der Waals surface area contributed by atoms with E-state index >= 15 is 0 Å². The van der Waals surface area contributed by atoms with Crippen molar-refractivity contribution in [1.29, 1.82) is 0 Å². The molecular weight excluding hydrogens is 796 g/mol. The minimum atomic E-state index is -4.09. The number of halogens is 1. The second-order valence-corrected chi connectivity index (χ2v) is 15.5. The van der Waals surface area contributed by atoms with Crippen molar-refractivity contribution in [3.8, 4) is 11.5 Å². The molecule has 328 valence electrons. The number of hydrogen-bond donors (Lipinski definition) is 8. The first-order valence-electron chi connectivity index (χ1n) is 18.3.